The number of phenolic OH excluding ortho intramolecular Hbond substituents is 1. The molecule has 3 aromatic carbocycles. The number of ketones is 3. The second-order valence-electron chi connectivity index (χ2n) is 9.94. The Hall–Kier alpha value is -4.83. The smallest absolute Gasteiger partial charge is 0.335 e. The Kier molecular flexibility index (Phi) is 10.1. The van der Waals surface area contributed by atoms with Gasteiger partial charge in [-0.25, -0.2) is 4.79 Å². The first-order valence-electron chi connectivity index (χ1n) is 12.9. The Morgan fingerprint density at radius 2 is 1.34 bits per heavy atom. The third kappa shape index (κ3) is 8.33. The maximum absolute atomic E-state index is 13.1. The molecule has 0 spiro atoms. The molecule has 10 nitrogen and oxygen atoms in total. The first kappa shape index (κ1) is 30.7. The van der Waals surface area contributed by atoms with E-state index in [4.69, 9.17) is 21.3 Å². The molecule has 6 N–H and O–H groups in total. The maximum Gasteiger partial charge on any atom is 0.335 e. The highest BCUT2D eigenvalue weighted by Gasteiger charge is 2.22. The molecular formula is C31H32N2O8. The summed E-state index contributed by atoms with van der Waals surface area (Å²) in [5.74, 6) is -3.11. The van der Waals surface area contributed by atoms with E-state index >= 15 is 0 Å². The zero-order valence-electron chi connectivity index (χ0n) is 22.8. The number of rotatable bonds is 14. The number of carbonyl (C=O) groups is 5. The zero-order valence-corrected chi connectivity index (χ0v) is 22.8. The number of nitrogens with two attached hydrogens (primary N) is 2. The molecule has 3 aromatic rings. The third-order valence-corrected chi connectivity index (χ3v) is 6.27. The number of primary amides is 1. The molecule has 0 aliphatic rings. The van der Waals surface area contributed by atoms with Crippen LogP contribution in [0.5, 0.6) is 11.5 Å². The van der Waals surface area contributed by atoms with Crippen LogP contribution in [0.4, 0.5) is 0 Å². The molecule has 1 atom stereocenters. The molecule has 1 amide bonds. The van der Waals surface area contributed by atoms with Crippen molar-refractivity contribution in [3.8, 4) is 11.5 Å². The third-order valence-electron chi connectivity index (χ3n) is 6.27. The first-order chi connectivity index (χ1) is 19.3. The number of hydrogen-bond donors (Lipinski definition) is 4. The van der Waals surface area contributed by atoms with Crippen molar-refractivity contribution in [1.29, 1.82) is 0 Å². The summed E-state index contributed by atoms with van der Waals surface area (Å²) < 4.78 is 5.81. The minimum absolute atomic E-state index is 0.0115. The van der Waals surface area contributed by atoms with Gasteiger partial charge in [0.15, 0.2) is 28.8 Å². The van der Waals surface area contributed by atoms with Gasteiger partial charge < -0.3 is 26.4 Å². The molecule has 214 valence electrons. The Balaban J connectivity index is 1.77. The number of Topliss-reactive ketones (excluding diaryl/α,β-unsaturated/α-hetero) is 3. The van der Waals surface area contributed by atoms with Crippen LogP contribution in [0, 0.1) is 0 Å². The lowest BCUT2D eigenvalue weighted by Crippen LogP contribution is -2.36. The van der Waals surface area contributed by atoms with Gasteiger partial charge in [-0.1, -0.05) is 42.5 Å². The van der Waals surface area contributed by atoms with Crippen LogP contribution in [-0.2, 0) is 28.9 Å². The number of ether oxygens (including phenoxy) is 1. The molecular weight excluding hydrogens is 528 g/mol. The van der Waals surface area contributed by atoms with Crippen molar-refractivity contribution in [3.05, 3.63) is 94.0 Å². The number of phenols is 1. The molecule has 0 heterocycles. The van der Waals surface area contributed by atoms with Gasteiger partial charge in [0.25, 0.3) is 0 Å². The molecule has 10 heteroatoms. The zero-order chi connectivity index (χ0) is 30.3. The molecule has 0 aliphatic carbocycles. The van der Waals surface area contributed by atoms with E-state index in [-0.39, 0.29) is 66.0 Å². The van der Waals surface area contributed by atoms with Crippen molar-refractivity contribution in [2.45, 2.75) is 51.7 Å². The summed E-state index contributed by atoms with van der Waals surface area (Å²) >= 11 is 0. The second-order valence-corrected chi connectivity index (χ2v) is 9.94. The average Bonchev–Trinajstić information content (AvgIpc) is 2.90. The van der Waals surface area contributed by atoms with Crippen molar-refractivity contribution in [2.75, 3.05) is 0 Å². The van der Waals surface area contributed by atoms with Gasteiger partial charge in [-0.3, -0.25) is 19.2 Å². The van der Waals surface area contributed by atoms with E-state index in [0.717, 1.165) is 0 Å². The lowest BCUT2D eigenvalue weighted by molar-refractivity contribution is -0.124. The number of amides is 1. The number of benzene rings is 3. The summed E-state index contributed by atoms with van der Waals surface area (Å²) in [7, 11) is 0. The lowest BCUT2D eigenvalue weighted by Gasteiger charge is -2.18. The number of aromatic carboxylic acids is 1. The predicted molar refractivity (Wildman–Crippen MR) is 150 cm³/mol. The number of carboxylic acids is 1. The van der Waals surface area contributed by atoms with E-state index in [1.165, 1.54) is 30.3 Å². The Morgan fingerprint density at radius 1 is 0.780 bits per heavy atom. The van der Waals surface area contributed by atoms with Crippen LogP contribution < -0.4 is 16.2 Å². The number of carbonyl (C=O) groups excluding carboxylic acids is 4. The van der Waals surface area contributed by atoms with Crippen LogP contribution in [-0.4, -0.2) is 51.6 Å². The fourth-order valence-corrected chi connectivity index (χ4v) is 4.14. The fourth-order valence-electron chi connectivity index (χ4n) is 4.14. The van der Waals surface area contributed by atoms with Gasteiger partial charge in [-0.15, -0.1) is 0 Å². The van der Waals surface area contributed by atoms with Crippen molar-refractivity contribution < 1.29 is 38.9 Å². The molecule has 0 aliphatic heterocycles. The first-order valence-corrected chi connectivity index (χ1v) is 12.9. The van der Waals surface area contributed by atoms with E-state index in [9.17, 15) is 29.1 Å². The monoisotopic (exact) mass is 560 g/mol. The average molecular weight is 561 g/mol. The van der Waals surface area contributed by atoms with Crippen LogP contribution >= 0.6 is 0 Å². The summed E-state index contributed by atoms with van der Waals surface area (Å²) in [5.41, 5.74) is 12.8. The van der Waals surface area contributed by atoms with Crippen molar-refractivity contribution in [1.82, 2.24) is 0 Å². The molecule has 3 rings (SSSR count). The quantitative estimate of drug-likeness (QED) is 0.215. The summed E-state index contributed by atoms with van der Waals surface area (Å²) in [6.07, 6.45) is -0.811. The minimum Gasteiger partial charge on any atom is -0.504 e. The lowest BCUT2D eigenvalue weighted by atomic mass is 9.95. The standard InChI is InChI=1S/C31H32N2O8/c1-17(2)41-30-22(11-12-23(29(30)38)26(35)13-18-5-9-21(10-6-18)31(39)40)15-25(34)20-7-3-19(4-8-20)14-27(36)24(32)16-28(33)37/h3-12,17,24,38H,13-16,32H2,1-2H3,(H2,33,37)(H,39,40)/t24-/m0/s1. The fraction of sp³-hybridized carbons (Fsp3) is 0.258. The van der Waals surface area contributed by atoms with Crippen molar-refractivity contribution in [3.63, 3.8) is 0 Å². The van der Waals surface area contributed by atoms with Crippen molar-refractivity contribution >= 4 is 29.2 Å². The van der Waals surface area contributed by atoms with Gasteiger partial charge in [0.2, 0.25) is 5.91 Å². The molecule has 0 saturated carbocycles. The van der Waals surface area contributed by atoms with E-state index in [0.29, 0.717) is 22.3 Å². The highest BCUT2D eigenvalue weighted by atomic mass is 16.5. The number of aromatic hydroxyl groups is 1. The topological polar surface area (TPSA) is 187 Å². The van der Waals surface area contributed by atoms with Crippen LogP contribution in [0.15, 0.2) is 60.7 Å². The molecule has 0 radical (unpaired) electrons. The summed E-state index contributed by atoms with van der Waals surface area (Å²) in [6.45, 7) is 3.50. The van der Waals surface area contributed by atoms with E-state index in [2.05, 4.69) is 0 Å². The van der Waals surface area contributed by atoms with Gasteiger partial charge >= 0.3 is 5.97 Å². The molecule has 0 unspecified atom stereocenters. The summed E-state index contributed by atoms with van der Waals surface area (Å²) in [6, 6.07) is 14.3. The van der Waals surface area contributed by atoms with Crippen LogP contribution in [0.1, 0.15) is 68.0 Å². The predicted octanol–water partition coefficient (Wildman–Crippen LogP) is 3.04. The van der Waals surface area contributed by atoms with Gasteiger partial charge in [0, 0.05) is 36.8 Å². The maximum atomic E-state index is 13.1. The highest BCUT2D eigenvalue weighted by molar-refractivity contribution is 6.02. The van der Waals surface area contributed by atoms with Gasteiger partial charge in [-0.05, 0) is 43.2 Å². The van der Waals surface area contributed by atoms with E-state index in [1.807, 2.05) is 0 Å². The second kappa shape index (κ2) is 13.5. The largest absolute Gasteiger partial charge is 0.504 e. The van der Waals surface area contributed by atoms with E-state index in [1.54, 1.807) is 44.2 Å². The Morgan fingerprint density at radius 3 is 1.88 bits per heavy atom. The van der Waals surface area contributed by atoms with Crippen LogP contribution in [0.25, 0.3) is 0 Å². The normalized spacial score (nSPS) is 11.6. The van der Waals surface area contributed by atoms with Crippen LogP contribution in [0.3, 0.4) is 0 Å². The molecule has 0 fully saturated rings. The van der Waals surface area contributed by atoms with Gasteiger partial charge in [-0.2, -0.15) is 0 Å². The summed E-state index contributed by atoms with van der Waals surface area (Å²) in [5, 5.41) is 20.0. The SMILES string of the molecule is CC(C)Oc1c(CC(=O)c2ccc(CC(=O)[C@@H](N)CC(N)=O)cc2)ccc(C(=O)Cc2ccc(C(=O)O)cc2)c1O. The minimum atomic E-state index is -1.08. The highest BCUT2D eigenvalue weighted by Crippen LogP contribution is 2.36. The molecule has 41 heavy (non-hydrogen) atoms. The van der Waals surface area contributed by atoms with Crippen molar-refractivity contribution in [2.24, 2.45) is 11.5 Å². The number of carboxylic acid groups (broad SMARTS) is 1. The van der Waals surface area contributed by atoms with Gasteiger partial charge in [0.05, 0.1) is 23.3 Å². The molecule has 0 saturated heterocycles. The van der Waals surface area contributed by atoms with E-state index < -0.39 is 23.7 Å². The van der Waals surface area contributed by atoms with Gasteiger partial charge in [0.1, 0.15) is 0 Å². The molecule has 0 aromatic heterocycles. The Bertz CT molecular complexity index is 1460. The number of hydrogen-bond acceptors (Lipinski definition) is 8. The summed E-state index contributed by atoms with van der Waals surface area (Å²) in [4.78, 5) is 60.3. The molecule has 0 bridgehead atoms. The Labute approximate surface area is 236 Å². The van der Waals surface area contributed by atoms with Crippen LogP contribution in [0.2, 0.25) is 0 Å².